The predicted molar refractivity (Wildman–Crippen MR) is 65.4 cm³/mol. The second kappa shape index (κ2) is 5.41. The van der Waals surface area contributed by atoms with Gasteiger partial charge in [0, 0.05) is 18.9 Å². The van der Waals surface area contributed by atoms with Gasteiger partial charge in [0.1, 0.15) is 4.60 Å². The molecule has 0 aromatic carbocycles. The zero-order valence-corrected chi connectivity index (χ0v) is 11.2. The number of aromatic nitrogens is 1. The molecule has 88 valence electrons. The van der Waals surface area contributed by atoms with Gasteiger partial charge in [-0.2, -0.15) is 0 Å². The minimum atomic E-state index is -0.387. The number of hydrogen-bond acceptors (Lipinski definition) is 3. The third-order valence-corrected chi connectivity index (χ3v) is 2.38. The lowest BCUT2D eigenvalue weighted by Crippen LogP contribution is -2.46. The van der Waals surface area contributed by atoms with Crippen molar-refractivity contribution in [2.45, 2.75) is 19.4 Å². The summed E-state index contributed by atoms with van der Waals surface area (Å²) < 4.78 is 5.67. The van der Waals surface area contributed by atoms with E-state index in [-0.39, 0.29) is 11.4 Å². The number of halogens is 1. The number of nitrogens with zero attached hydrogens (tertiary/aromatic N) is 1. The molecule has 0 aliphatic carbocycles. The Balaban J connectivity index is 2.72. The van der Waals surface area contributed by atoms with Crippen LogP contribution in [-0.2, 0) is 4.74 Å². The van der Waals surface area contributed by atoms with E-state index in [1.54, 1.807) is 25.4 Å². The number of hydrogen-bond donors (Lipinski definition) is 1. The van der Waals surface area contributed by atoms with Crippen molar-refractivity contribution >= 4 is 21.8 Å². The first-order valence-electron chi connectivity index (χ1n) is 4.87. The highest BCUT2D eigenvalue weighted by molar-refractivity contribution is 9.10. The van der Waals surface area contributed by atoms with Crippen molar-refractivity contribution in [2.24, 2.45) is 0 Å². The Kier molecular flexibility index (Phi) is 4.44. The van der Waals surface area contributed by atoms with E-state index >= 15 is 0 Å². The average Bonchev–Trinajstić information content (AvgIpc) is 2.16. The Labute approximate surface area is 104 Å². The molecule has 0 saturated carbocycles. The summed E-state index contributed by atoms with van der Waals surface area (Å²) in [4.78, 5) is 15.8. The lowest BCUT2D eigenvalue weighted by atomic mass is 10.1. The molecule has 1 heterocycles. The summed E-state index contributed by atoms with van der Waals surface area (Å²) in [5.74, 6) is -0.134. The molecule has 0 aliphatic rings. The van der Waals surface area contributed by atoms with Gasteiger partial charge in [-0.05, 0) is 41.9 Å². The fraction of sp³-hybridized carbons (Fsp3) is 0.455. The molecular formula is C11H15BrN2O2. The number of nitrogens with one attached hydrogen (secondary N) is 1. The van der Waals surface area contributed by atoms with E-state index in [4.69, 9.17) is 4.74 Å². The van der Waals surface area contributed by atoms with Crippen molar-refractivity contribution in [3.63, 3.8) is 0 Å². The topological polar surface area (TPSA) is 51.2 Å². The maximum Gasteiger partial charge on any atom is 0.251 e. The van der Waals surface area contributed by atoms with Gasteiger partial charge in [0.05, 0.1) is 12.1 Å². The molecule has 1 amide bonds. The van der Waals surface area contributed by atoms with Crippen molar-refractivity contribution in [3.05, 3.63) is 28.5 Å². The number of pyridine rings is 1. The summed E-state index contributed by atoms with van der Waals surface area (Å²) in [5.41, 5.74) is 0.188. The van der Waals surface area contributed by atoms with Gasteiger partial charge in [0.2, 0.25) is 0 Å². The lowest BCUT2D eigenvalue weighted by molar-refractivity contribution is 0.0820. The average molecular weight is 287 g/mol. The lowest BCUT2D eigenvalue weighted by Gasteiger charge is -2.25. The molecule has 1 aromatic heterocycles. The molecule has 0 saturated heterocycles. The van der Waals surface area contributed by atoms with Crippen LogP contribution in [0, 0.1) is 0 Å². The summed E-state index contributed by atoms with van der Waals surface area (Å²) in [5, 5.41) is 2.89. The number of amides is 1. The van der Waals surface area contributed by atoms with Crippen LogP contribution in [0.1, 0.15) is 24.2 Å². The molecule has 4 nitrogen and oxygen atoms in total. The normalized spacial score (nSPS) is 11.2. The molecule has 16 heavy (non-hydrogen) atoms. The van der Waals surface area contributed by atoms with Gasteiger partial charge in [-0.1, -0.05) is 0 Å². The molecule has 0 spiro atoms. The zero-order chi connectivity index (χ0) is 12.2. The van der Waals surface area contributed by atoms with Crippen molar-refractivity contribution in [3.8, 4) is 0 Å². The van der Waals surface area contributed by atoms with Crippen LogP contribution in [0.25, 0.3) is 0 Å². The van der Waals surface area contributed by atoms with Crippen LogP contribution < -0.4 is 5.32 Å². The van der Waals surface area contributed by atoms with E-state index in [0.717, 1.165) is 0 Å². The Morgan fingerprint density at radius 2 is 2.31 bits per heavy atom. The summed E-state index contributed by atoms with van der Waals surface area (Å²) in [6.45, 7) is 4.28. The first-order valence-corrected chi connectivity index (χ1v) is 5.67. The van der Waals surface area contributed by atoms with E-state index in [1.165, 1.54) is 0 Å². The van der Waals surface area contributed by atoms with Gasteiger partial charge < -0.3 is 10.1 Å². The minimum absolute atomic E-state index is 0.134. The maximum absolute atomic E-state index is 11.9. The van der Waals surface area contributed by atoms with E-state index in [1.807, 2.05) is 13.8 Å². The summed E-state index contributed by atoms with van der Waals surface area (Å²) in [6, 6.07) is 3.35. The van der Waals surface area contributed by atoms with Crippen LogP contribution in [0.4, 0.5) is 0 Å². The van der Waals surface area contributed by atoms with Gasteiger partial charge in [0.25, 0.3) is 5.91 Å². The van der Waals surface area contributed by atoms with Gasteiger partial charge in [0.15, 0.2) is 0 Å². The van der Waals surface area contributed by atoms with Gasteiger partial charge in [-0.25, -0.2) is 4.98 Å². The van der Waals surface area contributed by atoms with Crippen LogP contribution in [-0.4, -0.2) is 30.1 Å². The first kappa shape index (κ1) is 13.1. The molecule has 5 heteroatoms. The van der Waals surface area contributed by atoms with E-state index in [2.05, 4.69) is 26.2 Å². The fourth-order valence-electron chi connectivity index (χ4n) is 1.32. The van der Waals surface area contributed by atoms with Crippen molar-refractivity contribution in [2.75, 3.05) is 13.7 Å². The van der Waals surface area contributed by atoms with Crippen LogP contribution >= 0.6 is 15.9 Å². The fourth-order valence-corrected chi connectivity index (χ4v) is 1.68. The first-order chi connectivity index (χ1) is 7.44. The van der Waals surface area contributed by atoms with Crippen LogP contribution in [0.15, 0.2) is 22.9 Å². The smallest absolute Gasteiger partial charge is 0.251 e. The molecular weight excluding hydrogens is 272 g/mol. The van der Waals surface area contributed by atoms with Crippen LogP contribution in [0.5, 0.6) is 0 Å². The highest BCUT2D eigenvalue weighted by Gasteiger charge is 2.20. The van der Waals surface area contributed by atoms with E-state index in [0.29, 0.717) is 16.8 Å². The molecule has 0 bridgehead atoms. The van der Waals surface area contributed by atoms with Crippen molar-refractivity contribution in [1.29, 1.82) is 0 Å². The number of carbonyl (C=O) groups excluding carboxylic acids is 1. The molecule has 0 unspecified atom stereocenters. The number of rotatable bonds is 4. The van der Waals surface area contributed by atoms with E-state index in [9.17, 15) is 4.79 Å². The number of methoxy groups -OCH3 is 1. The second-order valence-electron chi connectivity index (χ2n) is 4.14. The van der Waals surface area contributed by atoms with Crippen molar-refractivity contribution in [1.82, 2.24) is 10.3 Å². The molecule has 0 fully saturated rings. The highest BCUT2D eigenvalue weighted by atomic mass is 79.9. The second-order valence-corrected chi connectivity index (χ2v) is 4.95. The predicted octanol–water partition coefficient (Wildman–Crippen LogP) is 2.00. The number of ether oxygens (including phenoxy) is 1. The molecule has 0 atom stereocenters. The molecule has 0 radical (unpaired) electrons. The molecule has 1 N–H and O–H groups in total. The van der Waals surface area contributed by atoms with Crippen molar-refractivity contribution < 1.29 is 9.53 Å². The maximum atomic E-state index is 11.9. The highest BCUT2D eigenvalue weighted by Crippen LogP contribution is 2.10. The zero-order valence-electron chi connectivity index (χ0n) is 9.58. The van der Waals surface area contributed by atoms with Crippen LogP contribution in [0.3, 0.4) is 0 Å². The monoisotopic (exact) mass is 286 g/mol. The SMILES string of the molecule is COCC(C)(C)NC(=O)c1ccnc(Br)c1. The third-order valence-electron chi connectivity index (χ3n) is 1.95. The van der Waals surface area contributed by atoms with Gasteiger partial charge in [-0.15, -0.1) is 0 Å². The quantitative estimate of drug-likeness (QED) is 0.862. The Bertz CT molecular complexity index is 380. The largest absolute Gasteiger partial charge is 0.382 e. The molecule has 1 rings (SSSR count). The summed E-state index contributed by atoms with van der Waals surface area (Å²) >= 11 is 3.23. The Morgan fingerprint density at radius 1 is 1.62 bits per heavy atom. The molecule has 0 aliphatic heterocycles. The van der Waals surface area contributed by atoms with Gasteiger partial charge in [-0.3, -0.25) is 4.79 Å². The molecule has 1 aromatic rings. The van der Waals surface area contributed by atoms with Crippen LogP contribution in [0.2, 0.25) is 0 Å². The summed E-state index contributed by atoms with van der Waals surface area (Å²) in [7, 11) is 1.61. The summed E-state index contributed by atoms with van der Waals surface area (Å²) in [6.07, 6.45) is 1.59. The van der Waals surface area contributed by atoms with E-state index < -0.39 is 0 Å². The number of carbonyl (C=O) groups is 1. The minimum Gasteiger partial charge on any atom is -0.382 e. The standard InChI is InChI=1S/C11H15BrN2O2/c1-11(2,7-16-3)14-10(15)8-4-5-13-9(12)6-8/h4-6H,7H2,1-3H3,(H,14,15). The third kappa shape index (κ3) is 3.90. The Morgan fingerprint density at radius 3 is 2.88 bits per heavy atom. The Hall–Kier alpha value is -0.940. The van der Waals surface area contributed by atoms with Gasteiger partial charge >= 0.3 is 0 Å².